The van der Waals surface area contributed by atoms with Crippen LogP contribution in [0.5, 0.6) is 57.5 Å². The van der Waals surface area contributed by atoms with Crippen molar-refractivity contribution in [3.8, 4) is 103 Å². The molecule has 5 heterocycles. The topological polar surface area (TPSA) is 164 Å². The van der Waals surface area contributed by atoms with Crippen molar-refractivity contribution in [2.24, 2.45) is 0 Å². The summed E-state index contributed by atoms with van der Waals surface area (Å²) >= 11 is 90.3. The molecular weight excluding hydrogens is 1470 g/mol. The van der Waals surface area contributed by atoms with E-state index in [-0.39, 0.29) is 190 Å². The van der Waals surface area contributed by atoms with E-state index in [9.17, 15) is 0 Å². The molecule has 0 radical (unpaired) electrons. The van der Waals surface area contributed by atoms with E-state index < -0.39 is 16.2 Å². The van der Waals surface area contributed by atoms with Crippen molar-refractivity contribution in [3.05, 3.63) is 168 Å². The van der Waals surface area contributed by atoms with Crippen molar-refractivity contribution < 1.29 is 28.4 Å². The summed E-state index contributed by atoms with van der Waals surface area (Å²) in [5.74, 6) is 1.31. The van der Waals surface area contributed by atoms with E-state index in [1.807, 2.05) is 117 Å². The number of H-pyrrole nitrogens is 2. The number of benzene rings is 8. The number of para-hydroxylation sites is 4. The maximum atomic E-state index is 7.70. The van der Waals surface area contributed by atoms with Crippen molar-refractivity contribution in [3.63, 3.8) is 0 Å². The van der Waals surface area contributed by atoms with E-state index >= 15 is 0 Å². The lowest BCUT2D eigenvalue weighted by atomic mass is 9.86. The molecule has 13 rings (SSSR count). The van der Waals surface area contributed by atoms with Crippen molar-refractivity contribution in [2.45, 2.75) is 78.6 Å². The molecule has 0 fully saturated rings. The van der Waals surface area contributed by atoms with Gasteiger partial charge >= 0.3 is 0 Å². The Labute approximate surface area is 610 Å². The van der Waals surface area contributed by atoms with Crippen molar-refractivity contribution in [1.29, 1.82) is 0 Å². The zero-order valence-corrected chi connectivity index (χ0v) is 61.4. The molecule has 2 N–H and O–H groups in total. The van der Waals surface area contributed by atoms with E-state index in [4.69, 9.17) is 198 Å². The Morgan fingerprint density at radius 2 is 0.531 bits per heavy atom. The zero-order chi connectivity index (χ0) is 68.7. The maximum Gasteiger partial charge on any atom is 0.211 e. The van der Waals surface area contributed by atoms with Crippen molar-refractivity contribution in [1.82, 2.24) is 39.9 Å². The van der Waals surface area contributed by atoms with Gasteiger partial charge in [-0.1, -0.05) is 262 Å². The third-order valence-electron chi connectivity index (χ3n) is 16.0. The quantitative estimate of drug-likeness (QED) is 0.125. The normalized spacial score (nSPS) is 12.3. The minimum absolute atomic E-state index is 0.00974. The number of ether oxygens (including phenoxy) is 6. The number of nitrogens with zero attached hydrogens (tertiary/aromatic N) is 6. The van der Waals surface area contributed by atoms with Crippen LogP contribution in [0.15, 0.2) is 91.0 Å². The van der Waals surface area contributed by atoms with Gasteiger partial charge in [0.25, 0.3) is 0 Å². The molecule has 96 heavy (non-hydrogen) atoms. The summed E-state index contributed by atoms with van der Waals surface area (Å²) < 4.78 is 38.2. The largest absolute Gasteiger partial charge is 0.493 e. The summed E-state index contributed by atoms with van der Waals surface area (Å²) in [6.07, 6.45) is 0. The van der Waals surface area contributed by atoms with Crippen LogP contribution in [0.25, 0.3) is 89.7 Å². The SMILES string of the molecule is COc1cccc(OC)c1Oc1c(Cl)c(Cl)c2c3nc4nc(nc5[nH]c(nc6nc(nc([nH]3)c2c1Cl)-c1c(Cl)c(Oc2ccccc2C(C)(C)C)c(Cl)c(Cl)c1-6)c1c(Cl)c(Oc2ccccc2C(C)(C)C)c(Cl)c(Cl)c51)-c1c(Cl)c(Oc2ccccc2C(C)(C)C)c(Cl)c(Cl)c1-4. The Kier molecular flexibility index (Phi) is 17.9. The second-order valence-corrected chi connectivity index (χ2v) is 29.9. The first-order valence-electron chi connectivity index (χ1n) is 29.3. The molecule has 11 aromatic rings. The first-order chi connectivity index (χ1) is 45.4. The van der Waals surface area contributed by atoms with Gasteiger partial charge in [-0.05, 0) is 46.6 Å². The Morgan fingerprint density at radius 3 is 0.844 bits per heavy atom. The molecule has 2 aliphatic rings. The van der Waals surface area contributed by atoms with Gasteiger partial charge in [0, 0.05) is 16.7 Å². The van der Waals surface area contributed by atoms with Crippen LogP contribution in [0, 0.1) is 0 Å². The summed E-state index contributed by atoms with van der Waals surface area (Å²) in [6.45, 7) is 18.4. The number of nitrogens with one attached hydrogen (secondary N) is 2. The fourth-order valence-electron chi connectivity index (χ4n) is 11.5. The maximum absolute atomic E-state index is 7.70. The molecule has 2 aliphatic heterocycles. The predicted octanol–water partition coefficient (Wildman–Crippen LogP) is 25.8. The first-order valence-corrected chi connectivity index (χ1v) is 33.8. The number of rotatable bonds is 10. The molecular formula is C70H50Cl12N8O6. The number of fused-ring (bicyclic) bond motifs is 20. The number of hydrogen-bond acceptors (Lipinski definition) is 12. The van der Waals surface area contributed by atoms with Gasteiger partial charge in [-0.3, -0.25) is 0 Å². The summed E-state index contributed by atoms with van der Waals surface area (Å²) in [4.78, 5) is 37.8. The molecule has 3 aromatic heterocycles. The standard InChI is InChI=1S/C70H50Cl12N8O6/c1-68(2,3)27-19-12-15-22-30(27)93-56-47(75)39-35(43(71)51(56)79)60-83-61-38-42(50(78)59(54(82)46(38)74)96-55-33(91-10)25-18-26-34(55)92-11)67(85-61)90-66-41-37(45(73)53(81)58(49(41)77)95-32-24-17-14-21-29(32)70(7,8)9)63(89-66)88-65-40-36(62(87-65)86-64(39)84-60)44(72)52(80)57(48(40)76)94-31-23-16-13-20-28(31)69(4,5)6/h12-26H,1-11H3,(H2,83,84,85,86,87,88,89,90). The van der Waals surface area contributed by atoms with Crippen LogP contribution >= 0.6 is 139 Å². The van der Waals surface area contributed by atoms with Crippen LogP contribution in [0.4, 0.5) is 0 Å². The molecule has 26 heteroatoms. The molecule has 0 aliphatic carbocycles. The van der Waals surface area contributed by atoms with Gasteiger partial charge in [-0.25, -0.2) is 29.9 Å². The van der Waals surface area contributed by atoms with Gasteiger partial charge < -0.3 is 38.4 Å². The lowest BCUT2D eigenvalue weighted by molar-refractivity contribution is 0.346. The molecule has 0 unspecified atom stereocenters. The fourth-order valence-corrected chi connectivity index (χ4v) is 14.9. The predicted molar refractivity (Wildman–Crippen MR) is 391 cm³/mol. The molecule has 0 saturated carbocycles. The molecule has 14 nitrogen and oxygen atoms in total. The van der Waals surface area contributed by atoms with Crippen LogP contribution < -0.4 is 28.4 Å². The van der Waals surface area contributed by atoms with Gasteiger partial charge in [0.05, 0.1) is 98.2 Å². The van der Waals surface area contributed by atoms with Gasteiger partial charge in [0.2, 0.25) is 5.75 Å². The average Bonchev–Trinajstić information content (AvgIpc) is 1.54. The molecule has 0 spiro atoms. The number of aromatic nitrogens is 8. The molecule has 0 amide bonds. The number of aromatic amines is 2. The van der Waals surface area contributed by atoms with Crippen LogP contribution in [-0.2, 0) is 16.2 Å². The van der Waals surface area contributed by atoms with E-state index in [0.717, 1.165) is 16.7 Å². The second-order valence-electron chi connectivity index (χ2n) is 25.3. The Hall–Kier alpha value is -6.60. The summed E-state index contributed by atoms with van der Waals surface area (Å²) in [5.41, 5.74) is 1.60. The number of methoxy groups -OCH3 is 2. The van der Waals surface area contributed by atoms with Crippen molar-refractivity contribution >= 4 is 183 Å². The molecule has 0 saturated heterocycles. The van der Waals surface area contributed by atoms with Crippen LogP contribution in [0.2, 0.25) is 60.3 Å². The van der Waals surface area contributed by atoms with Gasteiger partial charge in [0.15, 0.2) is 57.8 Å². The minimum atomic E-state index is -0.412. The highest BCUT2D eigenvalue weighted by atomic mass is 35.5. The number of hydrogen-bond donors (Lipinski definition) is 2. The highest BCUT2D eigenvalue weighted by molar-refractivity contribution is 6.53. The van der Waals surface area contributed by atoms with E-state index in [1.165, 1.54) is 14.2 Å². The number of halogens is 12. The third-order valence-corrected chi connectivity index (χ3v) is 20.8. The van der Waals surface area contributed by atoms with Crippen molar-refractivity contribution in [2.75, 3.05) is 14.2 Å². The van der Waals surface area contributed by atoms with Crippen LogP contribution in [0.3, 0.4) is 0 Å². The average molecular weight is 1520 g/mol. The molecule has 0 atom stereocenters. The Bertz CT molecular complexity index is 5330. The highest BCUT2D eigenvalue weighted by Gasteiger charge is 2.37. The minimum Gasteiger partial charge on any atom is -0.493 e. The highest BCUT2D eigenvalue weighted by Crippen LogP contribution is 2.59. The zero-order valence-electron chi connectivity index (χ0n) is 52.3. The third kappa shape index (κ3) is 11.5. The fraction of sp³-hybridized carbons (Fsp3) is 0.200. The van der Waals surface area contributed by atoms with E-state index in [0.29, 0.717) is 17.2 Å². The molecule has 8 aromatic carbocycles. The summed E-state index contributed by atoms with van der Waals surface area (Å²) in [6, 6.07) is 27.4. The Morgan fingerprint density at radius 1 is 0.271 bits per heavy atom. The van der Waals surface area contributed by atoms with E-state index in [2.05, 4.69) is 9.97 Å². The molecule has 490 valence electrons. The van der Waals surface area contributed by atoms with Crippen LogP contribution in [0.1, 0.15) is 79.0 Å². The lowest BCUT2D eigenvalue weighted by Crippen LogP contribution is -2.12. The van der Waals surface area contributed by atoms with Gasteiger partial charge in [-0.2, -0.15) is 0 Å². The Balaban J connectivity index is 1.21. The lowest BCUT2D eigenvalue weighted by Gasteiger charge is -2.23. The second kappa shape index (κ2) is 25.3. The van der Waals surface area contributed by atoms with Gasteiger partial charge in [0.1, 0.15) is 59.9 Å². The smallest absolute Gasteiger partial charge is 0.211 e. The summed E-state index contributed by atoms with van der Waals surface area (Å²) in [5, 5.41) is -0.643. The van der Waals surface area contributed by atoms with Gasteiger partial charge in [-0.15, -0.1) is 0 Å². The van der Waals surface area contributed by atoms with E-state index in [1.54, 1.807) is 36.4 Å². The summed E-state index contributed by atoms with van der Waals surface area (Å²) in [7, 11) is 2.92. The first kappa shape index (κ1) is 67.9. The molecule has 8 bridgehead atoms. The van der Waals surface area contributed by atoms with Crippen LogP contribution in [-0.4, -0.2) is 54.1 Å². The monoisotopic (exact) mass is 1520 g/mol.